The van der Waals surface area contributed by atoms with Gasteiger partial charge in [-0.05, 0) is 57.8 Å². The molecule has 0 saturated heterocycles. The molecule has 0 spiro atoms. The maximum Gasteiger partial charge on any atom is 0.253 e. The number of aliphatic imine (C=N–C) groups is 1. The number of hydrogen-bond donors (Lipinski definition) is 2. The molecule has 24 heavy (non-hydrogen) atoms. The number of carboxylic acids is 1. The van der Waals surface area contributed by atoms with Crippen molar-refractivity contribution >= 4 is 17.7 Å². The van der Waals surface area contributed by atoms with Crippen LogP contribution in [0, 0.1) is 29.6 Å². The minimum Gasteiger partial charge on any atom is -0.550 e. The van der Waals surface area contributed by atoms with Gasteiger partial charge in [-0.2, -0.15) is 0 Å². The zero-order valence-electron chi connectivity index (χ0n) is 15.5. The highest BCUT2D eigenvalue weighted by atomic mass is 16.4. The van der Waals surface area contributed by atoms with E-state index in [9.17, 15) is 14.7 Å². The first-order valence-corrected chi connectivity index (χ1v) is 9.03. The number of amidine groups is 1. The van der Waals surface area contributed by atoms with Gasteiger partial charge in [0.05, 0.1) is 6.04 Å². The van der Waals surface area contributed by atoms with Gasteiger partial charge in [0.25, 0.3) is 5.91 Å². The number of nitrogens with zero attached hydrogens (tertiary/aromatic N) is 1. The van der Waals surface area contributed by atoms with E-state index in [0.717, 1.165) is 19.3 Å². The van der Waals surface area contributed by atoms with E-state index < -0.39 is 17.4 Å². The quantitative estimate of drug-likeness (QED) is 0.755. The molecule has 6 heteroatoms. The molecule has 6 nitrogen and oxygen atoms in total. The van der Waals surface area contributed by atoms with Crippen LogP contribution in [0.4, 0.5) is 0 Å². The molecule has 1 amide bonds. The van der Waals surface area contributed by atoms with Crippen LogP contribution in [-0.4, -0.2) is 29.3 Å². The fourth-order valence-corrected chi connectivity index (χ4v) is 4.14. The van der Waals surface area contributed by atoms with Gasteiger partial charge < -0.3 is 21.0 Å². The van der Waals surface area contributed by atoms with Crippen molar-refractivity contribution in [2.75, 3.05) is 0 Å². The third kappa shape index (κ3) is 3.34. The minimum absolute atomic E-state index is 0.0833. The summed E-state index contributed by atoms with van der Waals surface area (Å²) in [5.41, 5.74) is 2.87. The summed E-state index contributed by atoms with van der Waals surface area (Å²) >= 11 is 0. The monoisotopic (exact) mass is 337 g/mol. The summed E-state index contributed by atoms with van der Waals surface area (Å²) in [6, 6.07) is 0.583. The van der Waals surface area contributed by atoms with Gasteiger partial charge in [-0.25, -0.2) is 0 Å². The van der Waals surface area contributed by atoms with Gasteiger partial charge in [0, 0.05) is 17.8 Å². The number of rotatable bonds is 3. The Hall–Kier alpha value is -1.43. The summed E-state index contributed by atoms with van der Waals surface area (Å²) in [5.74, 6) is -0.546. The topological polar surface area (TPSA) is 109 Å². The summed E-state index contributed by atoms with van der Waals surface area (Å²) in [7, 11) is 0. The van der Waals surface area contributed by atoms with Crippen LogP contribution in [0.25, 0.3) is 0 Å². The standard InChI is InChI=1S/C15H22N2O3.C3H9N/c1-7(2)15(3)14(20)16-12(17-15)10-8-4-5-9(6-8)11(10)13(18)19;1-3(2)4/h7-11H,4-6H2,1-3H3,(H,18,19)(H,16,17,20);3H,4H2,1-2H3/t8-,9+,10-,11+,15?;/m1./s1. The molecule has 2 bridgehead atoms. The van der Waals surface area contributed by atoms with E-state index >= 15 is 0 Å². The zero-order valence-corrected chi connectivity index (χ0v) is 15.5. The fourth-order valence-electron chi connectivity index (χ4n) is 4.14. The lowest BCUT2D eigenvalue weighted by Gasteiger charge is -2.31. The number of nitrogens with one attached hydrogen (secondary N) is 1. The van der Waals surface area contributed by atoms with Crippen LogP contribution in [0.5, 0.6) is 0 Å². The number of amides is 1. The molecule has 1 aliphatic heterocycles. The molecule has 5 atom stereocenters. The molecule has 2 saturated carbocycles. The average Bonchev–Trinajstić information content (AvgIpc) is 3.12. The number of carboxylic acid groups (broad SMARTS) is 1. The Bertz CT molecular complexity index is 541. The van der Waals surface area contributed by atoms with Crippen LogP contribution in [0.2, 0.25) is 0 Å². The summed E-state index contributed by atoms with van der Waals surface area (Å²) < 4.78 is 0. The highest BCUT2D eigenvalue weighted by Gasteiger charge is 2.53. The van der Waals surface area contributed by atoms with Crippen molar-refractivity contribution in [3.63, 3.8) is 0 Å². The van der Waals surface area contributed by atoms with E-state index in [1.807, 2.05) is 20.8 Å². The molecule has 3 rings (SSSR count). The highest BCUT2D eigenvalue weighted by Crippen LogP contribution is 2.53. The third-order valence-corrected chi connectivity index (χ3v) is 5.68. The van der Waals surface area contributed by atoms with Crippen LogP contribution in [0.15, 0.2) is 4.99 Å². The SMILES string of the molecule is CC(C)C1(C)N=C([C@@H]2[C@@H]3CC[C@@H](C3)[C@@H]2C(=O)[O-])NC1=O.CC(C)[NH3+]. The van der Waals surface area contributed by atoms with Gasteiger partial charge in [0.15, 0.2) is 0 Å². The second-order valence-corrected chi connectivity index (χ2v) is 8.35. The third-order valence-electron chi connectivity index (χ3n) is 5.68. The Labute approximate surface area is 144 Å². The molecule has 1 unspecified atom stereocenters. The fraction of sp³-hybridized carbons (Fsp3) is 0.833. The van der Waals surface area contributed by atoms with Gasteiger partial charge in [-0.1, -0.05) is 13.8 Å². The zero-order chi connectivity index (χ0) is 18.2. The van der Waals surface area contributed by atoms with Crippen molar-refractivity contribution in [1.29, 1.82) is 0 Å². The van der Waals surface area contributed by atoms with Crippen molar-refractivity contribution in [3.05, 3.63) is 0 Å². The van der Waals surface area contributed by atoms with Crippen LogP contribution < -0.4 is 16.2 Å². The van der Waals surface area contributed by atoms with Crippen LogP contribution in [0.1, 0.15) is 53.9 Å². The largest absolute Gasteiger partial charge is 0.550 e. The molecule has 2 aliphatic carbocycles. The number of carbonyl (C=O) groups is 2. The highest BCUT2D eigenvalue weighted by molar-refractivity contribution is 6.10. The minimum atomic E-state index is -0.989. The molecule has 0 aromatic rings. The second kappa shape index (κ2) is 6.82. The van der Waals surface area contributed by atoms with E-state index in [1.54, 1.807) is 0 Å². The van der Waals surface area contributed by atoms with E-state index in [2.05, 4.69) is 29.9 Å². The van der Waals surface area contributed by atoms with E-state index in [4.69, 9.17) is 0 Å². The first-order valence-electron chi connectivity index (χ1n) is 9.03. The average molecular weight is 337 g/mol. The van der Waals surface area contributed by atoms with Crippen molar-refractivity contribution in [2.24, 2.45) is 34.6 Å². The van der Waals surface area contributed by atoms with Crippen molar-refractivity contribution in [2.45, 2.75) is 65.5 Å². The van der Waals surface area contributed by atoms with Crippen molar-refractivity contribution in [1.82, 2.24) is 5.32 Å². The maximum atomic E-state index is 12.2. The van der Waals surface area contributed by atoms with Crippen LogP contribution in [-0.2, 0) is 9.59 Å². The van der Waals surface area contributed by atoms with Gasteiger partial charge in [-0.3, -0.25) is 9.79 Å². The summed E-state index contributed by atoms with van der Waals surface area (Å²) in [6.07, 6.45) is 2.92. The molecule has 0 aromatic heterocycles. The molecule has 0 radical (unpaired) electrons. The van der Waals surface area contributed by atoms with E-state index in [-0.39, 0.29) is 23.7 Å². The van der Waals surface area contributed by atoms with E-state index in [0.29, 0.717) is 17.8 Å². The molecular formula is C18H31N3O3. The first kappa shape index (κ1) is 18.9. The van der Waals surface area contributed by atoms with Gasteiger partial charge in [0.2, 0.25) is 0 Å². The lowest BCUT2D eigenvalue weighted by molar-refractivity contribution is -0.407. The number of hydrogen-bond acceptors (Lipinski definition) is 4. The van der Waals surface area contributed by atoms with Gasteiger partial charge >= 0.3 is 0 Å². The lowest BCUT2D eigenvalue weighted by atomic mass is 9.78. The van der Waals surface area contributed by atoms with Crippen molar-refractivity contribution < 1.29 is 20.4 Å². The maximum absolute atomic E-state index is 12.2. The molecule has 0 aromatic carbocycles. The summed E-state index contributed by atoms with van der Waals surface area (Å²) in [4.78, 5) is 28.3. The lowest BCUT2D eigenvalue weighted by Crippen LogP contribution is -2.57. The number of carbonyl (C=O) groups excluding carboxylic acids is 2. The Kier molecular flexibility index (Phi) is 5.37. The summed E-state index contributed by atoms with van der Waals surface area (Å²) in [5, 5.41) is 14.3. The van der Waals surface area contributed by atoms with Crippen LogP contribution in [0.3, 0.4) is 0 Å². The van der Waals surface area contributed by atoms with E-state index in [1.165, 1.54) is 0 Å². The predicted molar refractivity (Wildman–Crippen MR) is 89.7 cm³/mol. The number of fused-ring (bicyclic) bond motifs is 2. The Balaban J connectivity index is 0.000000471. The Morgan fingerprint density at radius 1 is 1.29 bits per heavy atom. The smallest absolute Gasteiger partial charge is 0.253 e. The normalized spacial score (nSPS) is 37.3. The Morgan fingerprint density at radius 2 is 1.83 bits per heavy atom. The van der Waals surface area contributed by atoms with Gasteiger partial charge in [-0.15, -0.1) is 0 Å². The number of quaternary nitrogens is 1. The Morgan fingerprint density at radius 3 is 2.29 bits per heavy atom. The molecular weight excluding hydrogens is 306 g/mol. The molecule has 2 fully saturated rings. The van der Waals surface area contributed by atoms with Crippen LogP contribution >= 0.6 is 0 Å². The first-order chi connectivity index (χ1) is 11.1. The molecule has 3 aliphatic rings. The predicted octanol–water partition coefficient (Wildman–Crippen LogP) is -0.0217. The van der Waals surface area contributed by atoms with Crippen molar-refractivity contribution in [3.8, 4) is 0 Å². The molecule has 136 valence electrons. The molecule has 4 N–H and O–H groups in total. The second-order valence-electron chi connectivity index (χ2n) is 8.35. The van der Waals surface area contributed by atoms with Gasteiger partial charge in [0.1, 0.15) is 11.4 Å². The molecule has 1 heterocycles. The number of aliphatic carboxylic acids is 1. The summed E-state index contributed by atoms with van der Waals surface area (Å²) in [6.45, 7) is 9.85.